The molecule has 2 N–H and O–H groups in total. The predicted molar refractivity (Wildman–Crippen MR) is 86.6 cm³/mol. The van der Waals surface area contributed by atoms with E-state index in [1.54, 1.807) is 0 Å². The van der Waals surface area contributed by atoms with Gasteiger partial charge < -0.3 is 15.5 Å². The second kappa shape index (κ2) is 8.41. The Morgan fingerprint density at radius 3 is 2.50 bits per heavy atom. The molecular weight excluding hydrogens is 278 g/mol. The molecule has 0 unspecified atom stereocenters. The van der Waals surface area contributed by atoms with Crippen LogP contribution in [-0.4, -0.2) is 42.5 Å². The van der Waals surface area contributed by atoms with Crippen molar-refractivity contribution in [2.24, 2.45) is 0 Å². The van der Waals surface area contributed by atoms with Crippen LogP contribution in [0, 0.1) is 0 Å². The van der Waals surface area contributed by atoms with Crippen LogP contribution in [0.5, 0.6) is 0 Å². The molecule has 0 aliphatic carbocycles. The molecule has 5 nitrogen and oxygen atoms in total. The van der Waals surface area contributed by atoms with Crippen molar-refractivity contribution in [2.45, 2.75) is 38.6 Å². The van der Waals surface area contributed by atoms with Crippen LogP contribution >= 0.6 is 0 Å². The van der Waals surface area contributed by atoms with Gasteiger partial charge in [-0.2, -0.15) is 0 Å². The number of likely N-dealkylation sites (tertiary alicyclic amines) is 1. The molecule has 3 amide bonds. The number of amides is 3. The molecule has 1 aromatic rings. The largest absolute Gasteiger partial charge is 0.353 e. The Morgan fingerprint density at radius 2 is 1.86 bits per heavy atom. The second-order valence-electron chi connectivity index (χ2n) is 5.72. The standard InChI is InChI=1S/C17H25N3O2/c1-2-10-18-17(22)20-11-8-15(9-12-20)19-16(21)13-14-6-4-3-5-7-14/h3-7,15H,2,8-13H2,1H3,(H,18,22)(H,19,21). The maximum Gasteiger partial charge on any atom is 0.317 e. The number of nitrogens with zero attached hydrogens (tertiary/aromatic N) is 1. The Labute approximate surface area is 132 Å². The Morgan fingerprint density at radius 1 is 1.18 bits per heavy atom. The van der Waals surface area contributed by atoms with Crippen molar-refractivity contribution in [3.8, 4) is 0 Å². The lowest BCUT2D eigenvalue weighted by molar-refractivity contribution is -0.121. The average molecular weight is 303 g/mol. The lowest BCUT2D eigenvalue weighted by atomic mass is 10.0. The van der Waals surface area contributed by atoms with E-state index < -0.39 is 0 Å². The van der Waals surface area contributed by atoms with Crippen LogP contribution in [0.25, 0.3) is 0 Å². The van der Waals surface area contributed by atoms with Gasteiger partial charge in [-0.05, 0) is 24.8 Å². The lowest BCUT2D eigenvalue weighted by Crippen LogP contribution is -2.49. The lowest BCUT2D eigenvalue weighted by Gasteiger charge is -2.32. The molecule has 120 valence electrons. The highest BCUT2D eigenvalue weighted by atomic mass is 16.2. The fourth-order valence-corrected chi connectivity index (χ4v) is 2.63. The molecule has 1 aliphatic heterocycles. The summed E-state index contributed by atoms with van der Waals surface area (Å²) in [5, 5.41) is 5.96. The Hall–Kier alpha value is -2.04. The summed E-state index contributed by atoms with van der Waals surface area (Å²) in [5.74, 6) is 0.0556. The summed E-state index contributed by atoms with van der Waals surface area (Å²) in [7, 11) is 0. The van der Waals surface area contributed by atoms with Crippen molar-refractivity contribution < 1.29 is 9.59 Å². The fourth-order valence-electron chi connectivity index (χ4n) is 2.63. The van der Waals surface area contributed by atoms with Crippen molar-refractivity contribution in [3.05, 3.63) is 35.9 Å². The minimum atomic E-state index is 0.0101. The molecule has 5 heteroatoms. The summed E-state index contributed by atoms with van der Waals surface area (Å²) in [5.41, 5.74) is 1.02. The van der Waals surface area contributed by atoms with E-state index in [1.807, 2.05) is 42.2 Å². The summed E-state index contributed by atoms with van der Waals surface area (Å²) in [4.78, 5) is 25.7. The van der Waals surface area contributed by atoms with Crippen LogP contribution in [-0.2, 0) is 11.2 Å². The highest BCUT2D eigenvalue weighted by Crippen LogP contribution is 2.11. The van der Waals surface area contributed by atoms with Gasteiger partial charge in [0.15, 0.2) is 0 Å². The molecule has 0 atom stereocenters. The van der Waals surface area contributed by atoms with Gasteiger partial charge in [-0.3, -0.25) is 4.79 Å². The average Bonchev–Trinajstić information content (AvgIpc) is 2.54. The number of benzene rings is 1. The molecule has 0 aromatic heterocycles. The van der Waals surface area contributed by atoms with Gasteiger partial charge in [-0.1, -0.05) is 37.3 Å². The van der Waals surface area contributed by atoms with E-state index in [-0.39, 0.29) is 18.0 Å². The molecule has 0 radical (unpaired) electrons. The normalized spacial score (nSPS) is 15.4. The summed E-state index contributed by atoms with van der Waals surface area (Å²) >= 11 is 0. The first-order valence-corrected chi connectivity index (χ1v) is 8.05. The van der Waals surface area contributed by atoms with E-state index in [4.69, 9.17) is 0 Å². The molecule has 1 aromatic carbocycles. The third kappa shape index (κ3) is 5.06. The third-order valence-corrected chi connectivity index (χ3v) is 3.88. The van der Waals surface area contributed by atoms with E-state index in [0.29, 0.717) is 26.1 Å². The van der Waals surface area contributed by atoms with Gasteiger partial charge in [-0.15, -0.1) is 0 Å². The van der Waals surface area contributed by atoms with Crippen molar-refractivity contribution >= 4 is 11.9 Å². The van der Waals surface area contributed by atoms with Crippen LogP contribution in [0.4, 0.5) is 4.79 Å². The molecular formula is C17H25N3O2. The van der Waals surface area contributed by atoms with Crippen LogP contribution < -0.4 is 10.6 Å². The molecule has 0 spiro atoms. The van der Waals surface area contributed by atoms with Gasteiger partial charge in [0.05, 0.1) is 6.42 Å². The Bertz CT molecular complexity index is 482. The number of rotatable bonds is 5. The molecule has 1 saturated heterocycles. The van der Waals surface area contributed by atoms with Gasteiger partial charge in [0.2, 0.25) is 5.91 Å². The van der Waals surface area contributed by atoms with Crippen molar-refractivity contribution in [1.29, 1.82) is 0 Å². The number of carbonyl (C=O) groups excluding carboxylic acids is 2. The molecule has 1 heterocycles. The van der Waals surface area contributed by atoms with E-state index in [9.17, 15) is 9.59 Å². The quantitative estimate of drug-likeness (QED) is 0.873. The van der Waals surface area contributed by atoms with Gasteiger partial charge in [0.25, 0.3) is 0 Å². The molecule has 1 fully saturated rings. The Kier molecular flexibility index (Phi) is 6.25. The second-order valence-corrected chi connectivity index (χ2v) is 5.72. The monoisotopic (exact) mass is 303 g/mol. The van der Waals surface area contributed by atoms with Crippen molar-refractivity contribution in [3.63, 3.8) is 0 Å². The van der Waals surface area contributed by atoms with Crippen LogP contribution in [0.2, 0.25) is 0 Å². The maximum absolute atomic E-state index is 12.0. The summed E-state index contributed by atoms with van der Waals surface area (Å²) in [6.45, 7) is 4.15. The number of urea groups is 1. The topological polar surface area (TPSA) is 61.4 Å². The minimum absolute atomic E-state index is 0.0101. The number of nitrogens with one attached hydrogen (secondary N) is 2. The van der Waals surface area contributed by atoms with Gasteiger partial charge in [-0.25, -0.2) is 4.79 Å². The zero-order chi connectivity index (χ0) is 15.8. The zero-order valence-electron chi connectivity index (χ0n) is 13.2. The van der Waals surface area contributed by atoms with Gasteiger partial charge >= 0.3 is 6.03 Å². The first-order valence-electron chi connectivity index (χ1n) is 8.05. The van der Waals surface area contributed by atoms with Crippen LogP contribution in [0.15, 0.2) is 30.3 Å². The fraction of sp³-hybridized carbons (Fsp3) is 0.529. The van der Waals surface area contributed by atoms with Gasteiger partial charge in [0, 0.05) is 25.7 Å². The van der Waals surface area contributed by atoms with E-state index in [2.05, 4.69) is 10.6 Å². The van der Waals surface area contributed by atoms with E-state index in [1.165, 1.54) is 0 Å². The molecule has 0 bridgehead atoms. The number of hydrogen-bond donors (Lipinski definition) is 2. The third-order valence-electron chi connectivity index (χ3n) is 3.88. The first kappa shape index (κ1) is 16.3. The molecule has 0 saturated carbocycles. The van der Waals surface area contributed by atoms with Crippen molar-refractivity contribution in [1.82, 2.24) is 15.5 Å². The van der Waals surface area contributed by atoms with Crippen LogP contribution in [0.3, 0.4) is 0 Å². The van der Waals surface area contributed by atoms with E-state index >= 15 is 0 Å². The SMILES string of the molecule is CCCNC(=O)N1CCC(NC(=O)Cc2ccccc2)CC1. The highest BCUT2D eigenvalue weighted by Gasteiger charge is 2.23. The van der Waals surface area contributed by atoms with Gasteiger partial charge in [0.1, 0.15) is 0 Å². The minimum Gasteiger partial charge on any atom is -0.353 e. The maximum atomic E-state index is 12.0. The predicted octanol–water partition coefficient (Wildman–Crippen LogP) is 1.93. The first-order chi connectivity index (χ1) is 10.7. The molecule has 22 heavy (non-hydrogen) atoms. The highest BCUT2D eigenvalue weighted by molar-refractivity contribution is 5.79. The molecule has 2 rings (SSSR count). The smallest absolute Gasteiger partial charge is 0.317 e. The number of piperidine rings is 1. The van der Waals surface area contributed by atoms with Crippen LogP contribution in [0.1, 0.15) is 31.7 Å². The molecule has 1 aliphatic rings. The zero-order valence-corrected chi connectivity index (χ0v) is 13.2. The number of hydrogen-bond acceptors (Lipinski definition) is 2. The van der Waals surface area contributed by atoms with Crippen molar-refractivity contribution in [2.75, 3.05) is 19.6 Å². The summed E-state index contributed by atoms with van der Waals surface area (Å²) < 4.78 is 0. The number of carbonyl (C=O) groups is 2. The van der Waals surface area contributed by atoms with E-state index in [0.717, 1.165) is 24.8 Å². The summed E-state index contributed by atoms with van der Waals surface area (Å²) in [6, 6.07) is 9.93. The Balaban J connectivity index is 1.71. The summed E-state index contributed by atoms with van der Waals surface area (Å²) in [6.07, 6.45) is 3.00.